The van der Waals surface area contributed by atoms with Crippen molar-refractivity contribution in [1.29, 1.82) is 0 Å². The van der Waals surface area contributed by atoms with E-state index in [4.69, 9.17) is 27.9 Å². The minimum atomic E-state index is -0.206. The van der Waals surface area contributed by atoms with Gasteiger partial charge in [0.15, 0.2) is 5.75 Å². The molecule has 18 heavy (non-hydrogen) atoms. The molecule has 1 fully saturated rings. The lowest BCUT2D eigenvalue weighted by atomic mass is 10.1. The Kier molecular flexibility index (Phi) is 5.13. The smallest absolute Gasteiger partial charge is 0.156 e. The highest BCUT2D eigenvalue weighted by molar-refractivity contribution is 6.37. The number of rotatable bonds is 4. The van der Waals surface area contributed by atoms with E-state index in [2.05, 4.69) is 4.90 Å². The van der Waals surface area contributed by atoms with Crippen LogP contribution in [0.25, 0.3) is 0 Å². The van der Waals surface area contributed by atoms with Crippen molar-refractivity contribution < 1.29 is 9.84 Å². The van der Waals surface area contributed by atoms with Gasteiger partial charge in [-0.1, -0.05) is 29.3 Å². The maximum atomic E-state index is 9.56. The van der Waals surface area contributed by atoms with E-state index in [-0.39, 0.29) is 6.10 Å². The number of nitrogens with zero attached hydrogens (tertiary/aromatic N) is 1. The van der Waals surface area contributed by atoms with E-state index in [9.17, 15) is 5.11 Å². The number of aliphatic hydroxyl groups is 1. The molecule has 1 atom stereocenters. The first-order valence-corrected chi connectivity index (χ1v) is 6.89. The van der Waals surface area contributed by atoms with Crippen LogP contribution < -0.4 is 4.74 Å². The maximum absolute atomic E-state index is 9.56. The summed E-state index contributed by atoms with van der Waals surface area (Å²) < 4.78 is 5.62. The van der Waals surface area contributed by atoms with Gasteiger partial charge in [0, 0.05) is 13.1 Å². The largest absolute Gasteiger partial charge is 0.489 e. The number of piperidine rings is 1. The predicted octanol–water partition coefficient (Wildman–Crippen LogP) is 2.83. The van der Waals surface area contributed by atoms with Crippen molar-refractivity contribution in [2.45, 2.75) is 18.9 Å². The van der Waals surface area contributed by atoms with Crippen LogP contribution in [0.5, 0.6) is 5.75 Å². The average Bonchev–Trinajstić information content (AvgIpc) is 2.33. The molecule has 0 spiro atoms. The summed E-state index contributed by atoms with van der Waals surface area (Å²) in [5, 5.41) is 10.6. The molecule has 5 heteroatoms. The zero-order chi connectivity index (χ0) is 13.0. The molecule has 0 radical (unpaired) electrons. The second kappa shape index (κ2) is 6.62. The number of aliphatic hydroxyl groups excluding tert-OH is 1. The standard InChI is InChI=1S/C13H17Cl2NO2/c14-11-4-1-5-12(15)13(11)18-8-7-16-6-2-3-10(17)9-16/h1,4-5,10,17H,2-3,6-9H2. The van der Waals surface area contributed by atoms with E-state index >= 15 is 0 Å². The van der Waals surface area contributed by atoms with Crippen molar-refractivity contribution in [3.63, 3.8) is 0 Å². The Morgan fingerprint density at radius 2 is 2.06 bits per heavy atom. The normalized spacial score (nSPS) is 20.9. The summed E-state index contributed by atoms with van der Waals surface area (Å²) in [6.07, 6.45) is 1.73. The van der Waals surface area contributed by atoms with Gasteiger partial charge in [-0.15, -0.1) is 0 Å². The maximum Gasteiger partial charge on any atom is 0.156 e. The molecule has 1 aromatic carbocycles. The van der Waals surface area contributed by atoms with Crippen LogP contribution in [0.3, 0.4) is 0 Å². The summed E-state index contributed by atoms with van der Waals surface area (Å²) >= 11 is 12.0. The summed E-state index contributed by atoms with van der Waals surface area (Å²) in [7, 11) is 0. The van der Waals surface area contributed by atoms with E-state index in [1.54, 1.807) is 18.2 Å². The van der Waals surface area contributed by atoms with E-state index in [1.165, 1.54) is 0 Å². The number of benzene rings is 1. The first kappa shape index (κ1) is 13.9. The van der Waals surface area contributed by atoms with E-state index in [1.807, 2.05) is 0 Å². The zero-order valence-corrected chi connectivity index (χ0v) is 11.6. The van der Waals surface area contributed by atoms with Gasteiger partial charge in [-0.05, 0) is 31.5 Å². The van der Waals surface area contributed by atoms with Crippen molar-refractivity contribution in [2.24, 2.45) is 0 Å². The molecule has 2 rings (SSSR count). The Bertz CT molecular complexity index is 380. The predicted molar refractivity (Wildman–Crippen MR) is 73.6 cm³/mol. The van der Waals surface area contributed by atoms with Crippen LogP contribution in [-0.4, -0.2) is 42.4 Å². The highest BCUT2D eigenvalue weighted by Crippen LogP contribution is 2.32. The van der Waals surface area contributed by atoms with Gasteiger partial charge < -0.3 is 9.84 Å². The lowest BCUT2D eigenvalue weighted by molar-refractivity contribution is 0.0633. The van der Waals surface area contributed by atoms with E-state index in [0.717, 1.165) is 32.5 Å². The van der Waals surface area contributed by atoms with E-state index < -0.39 is 0 Å². The van der Waals surface area contributed by atoms with Crippen molar-refractivity contribution in [3.8, 4) is 5.75 Å². The van der Waals surface area contributed by atoms with Crippen LogP contribution in [0.15, 0.2) is 18.2 Å². The summed E-state index contributed by atoms with van der Waals surface area (Å²) in [4.78, 5) is 2.19. The van der Waals surface area contributed by atoms with Gasteiger partial charge in [0.25, 0.3) is 0 Å². The highest BCUT2D eigenvalue weighted by atomic mass is 35.5. The molecule has 1 saturated heterocycles. The van der Waals surface area contributed by atoms with Gasteiger partial charge in [0.05, 0.1) is 16.1 Å². The fourth-order valence-electron chi connectivity index (χ4n) is 2.13. The molecule has 1 heterocycles. The van der Waals surface area contributed by atoms with Gasteiger partial charge >= 0.3 is 0 Å². The molecular weight excluding hydrogens is 273 g/mol. The quantitative estimate of drug-likeness (QED) is 0.925. The van der Waals surface area contributed by atoms with Crippen LogP contribution in [0.1, 0.15) is 12.8 Å². The first-order chi connectivity index (χ1) is 8.66. The molecule has 1 unspecified atom stereocenters. The van der Waals surface area contributed by atoms with Crippen LogP contribution in [0.2, 0.25) is 10.0 Å². The fraction of sp³-hybridized carbons (Fsp3) is 0.538. The lowest BCUT2D eigenvalue weighted by Gasteiger charge is -2.29. The fourth-order valence-corrected chi connectivity index (χ4v) is 2.64. The second-order valence-corrected chi connectivity index (χ2v) is 5.31. The monoisotopic (exact) mass is 289 g/mol. The third-order valence-electron chi connectivity index (χ3n) is 3.05. The Labute approximate surface area is 117 Å². The molecule has 0 saturated carbocycles. The topological polar surface area (TPSA) is 32.7 Å². The Hall–Kier alpha value is -0.480. The van der Waals surface area contributed by atoms with Crippen LogP contribution in [-0.2, 0) is 0 Å². The van der Waals surface area contributed by atoms with Crippen molar-refractivity contribution in [2.75, 3.05) is 26.2 Å². The third-order valence-corrected chi connectivity index (χ3v) is 3.65. The molecule has 1 aliphatic rings. The highest BCUT2D eigenvalue weighted by Gasteiger charge is 2.17. The third kappa shape index (κ3) is 3.75. The van der Waals surface area contributed by atoms with Gasteiger partial charge in [-0.3, -0.25) is 4.90 Å². The zero-order valence-electron chi connectivity index (χ0n) is 10.1. The number of ether oxygens (including phenoxy) is 1. The molecule has 0 bridgehead atoms. The number of hydrogen-bond acceptors (Lipinski definition) is 3. The molecular formula is C13H17Cl2NO2. The van der Waals surface area contributed by atoms with Gasteiger partial charge in [-0.2, -0.15) is 0 Å². The van der Waals surface area contributed by atoms with Crippen LogP contribution >= 0.6 is 23.2 Å². The molecule has 3 nitrogen and oxygen atoms in total. The minimum Gasteiger partial charge on any atom is -0.489 e. The Morgan fingerprint density at radius 3 is 2.72 bits per heavy atom. The molecule has 1 aliphatic heterocycles. The number of halogens is 2. The van der Waals surface area contributed by atoms with Gasteiger partial charge in [0.1, 0.15) is 6.61 Å². The van der Waals surface area contributed by atoms with E-state index in [0.29, 0.717) is 22.4 Å². The summed E-state index contributed by atoms with van der Waals surface area (Å²) in [6.45, 7) is 3.03. The van der Waals surface area contributed by atoms with Crippen LogP contribution in [0.4, 0.5) is 0 Å². The summed E-state index contributed by atoms with van der Waals surface area (Å²) in [5.74, 6) is 0.540. The second-order valence-electron chi connectivity index (χ2n) is 4.50. The molecule has 100 valence electrons. The van der Waals surface area contributed by atoms with Gasteiger partial charge in [0.2, 0.25) is 0 Å². The average molecular weight is 290 g/mol. The summed E-state index contributed by atoms with van der Waals surface area (Å²) in [6, 6.07) is 5.30. The molecule has 1 N–H and O–H groups in total. The Balaban J connectivity index is 1.81. The number of β-amino-alcohol motifs (C(OH)–C–C–N with tert-alkyl or cyclic N) is 1. The molecule has 0 amide bonds. The SMILES string of the molecule is OC1CCCN(CCOc2c(Cl)cccc2Cl)C1. The molecule has 0 aliphatic carbocycles. The Morgan fingerprint density at radius 1 is 1.33 bits per heavy atom. The molecule has 0 aromatic heterocycles. The number of likely N-dealkylation sites (tertiary alicyclic amines) is 1. The number of para-hydroxylation sites is 1. The number of hydrogen-bond donors (Lipinski definition) is 1. The minimum absolute atomic E-state index is 0.206. The van der Waals surface area contributed by atoms with Crippen LogP contribution in [0, 0.1) is 0 Å². The van der Waals surface area contributed by atoms with Crippen molar-refractivity contribution in [3.05, 3.63) is 28.2 Å². The summed E-state index contributed by atoms with van der Waals surface area (Å²) in [5.41, 5.74) is 0. The lowest BCUT2D eigenvalue weighted by Crippen LogP contribution is -2.40. The van der Waals surface area contributed by atoms with Gasteiger partial charge in [-0.25, -0.2) is 0 Å². The van der Waals surface area contributed by atoms with Crippen molar-refractivity contribution >= 4 is 23.2 Å². The van der Waals surface area contributed by atoms with Crippen molar-refractivity contribution in [1.82, 2.24) is 4.90 Å². The molecule has 1 aromatic rings. The first-order valence-electron chi connectivity index (χ1n) is 6.14.